The minimum atomic E-state index is -1.31. The number of benzene rings is 1. The van der Waals surface area contributed by atoms with Crippen molar-refractivity contribution in [2.45, 2.75) is 39.3 Å². The van der Waals surface area contributed by atoms with Gasteiger partial charge in [0.25, 0.3) is 0 Å². The Morgan fingerprint density at radius 1 is 0.944 bits per heavy atom. The fourth-order valence-electron chi connectivity index (χ4n) is 1.51. The molecule has 0 saturated carbocycles. The molecule has 0 aliphatic rings. The van der Waals surface area contributed by atoms with Crippen molar-refractivity contribution in [3.8, 4) is 11.2 Å². The van der Waals surface area contributed by atoms with Crippen molar-refractivity contribution in [3.63, 3.8) is 0 Å². The van der Waals surface area contributed by atoms with E-state index >= 15 is 0 Å². The lowest BCUT2D eigenvalue weighted by Gasteiger charge is -2.19. The predicted molar refractivity (Wildman–Crippen MR) is 91.9 cm³/mol. The lowest BCUT2D eigenvalue weighted by atomic mass is 10.2. The summed E-state index contributed by atoms with van der Waals surface area (Å²) in [5.74, 6) is 0. The first-order valence-corrected chi connectivity index (χ1v) is 14.3. The van der Waals surface area contributed by atoms with Gasteiger partial charge in [-0.05, 0) is 18.7 Å². The second kappa shape index (κ2) is 6.02. The van der Waals surface area contributed by atoms with Crippen molar-refractivity contribution < 1.29 is 0 Å². The second-order valence-corrected chi connectivity index (χ2v) is 17.6. The highest BCUT2D eigenvalue weighted by atomic mass is 31.1. The number of hydrogen-bond donors (Lipinski definition) is 0. The van der Waals surface area contributed by atoms with Gasteiger partial charge in [0, 0.05) is 0 Å². The molecule has 0 N–H and O–H groups in total. The molecule has 3 heteroatoms. The summed E-state index contributed by atoms with van der Waals surface area (Å²) in [6.07, 6.45) is 0. The van der Waals surface area contributed by atoms with Gasteiger partial charge in [0.1, 0.15) is 8.07 Å². The van der Waals surface area contributed by atoms with Crippen LogP contribution in [0.25, 0.3) is 0 Å². The number of hydrogen-bond acceptors (Lipinski definition) is 0. The monoisotopic (exact) mass is 290 g/mol. The lowest BCUT2D eigenvalue weighted by Crippen LogP contribution is -2.32. The Kier molecular flexibility index (Phi) is 5.16. The third-order valence-electron chi connectivity index (χ3n) is 2.36. The van der Waals surface area contributed by atoms with E-state index in [0.29, 0.717) is 0 Å². The molecule has 1 rings (SSSR count). The zero-order chi connectivity index (χ0) is 13.8. The largest absolute Gasteiger partial charge is 0.130 e. The summed E-state index contributed by atoms with van der Waals surface area (Å²) in [4.78, 5) is 1.55. The molecular formula is C15H23PSi2. The molecule has 0 saturated heterocycles. The van der Waals surface area contributed by atoms with Crippen LogP contribution in [0.4, 0.5) is 0 Å². The van der Waals surface area contributed by atoms with Gasteiger partial charge in [-0.15, -0.1) is 5.54 Å². The van der Waals surface area contributed by atoms with Crippen LogP contribution in [0.1, 0.15) is 5.56 Å². The zero-order valence-corrected chi connectivity index (χ0v) is 15.2. The molecule has 0 aliphatic carbocycles. The summed E-state index contributed by atoms with van der Waals surface area (Å²) < 4.78 is 0. The topological polar surface area (TPSA) is 0 Å². The Morgan fingerprint density at radius 3 is 1.94 bits per heavy atom. The van der Waals surface area contributed by atoms with E-state index in [9.17, 15) is 0 Å². The van der Waals surface area contributed by atoms with Gasteiger partial charge in [-0.2, -0.15) is 0 Å². The third kappa shape index (κ3) is 5.35. The van der Waals surface area contributed by atoms with Crippen molar-refractivity contribution in [1.29, 1.82) is 0 Å². The summed E-state index contributed by atoms with van der Waals surface area (Å²) in [6, 6.07) is 10.8. The standard InChI is InChI=1S/C15H23PSi2/c1-17(2,3)13-12-16-15(18(4,5)6)14-10-8-7-9-11-14/h7-11H,1-6H3. The van der Waals surface area contributed by atoms with Crippen LogP contribution in [-0.2, 0) is 0 Å². The van der Waals surface area contributed by atoms with Crippen LogP contribution in [0.3, 0.4) is 0 Å². The number of rotatable bonds is 2. The maximum Gasteiger partial charge on any atom is 0.130 e. The molecular weight excluding hydrogens is 267 g/mol. The molecule has 0 nitrogen and oxygen atoms in total. The summed E-state index contributed by atoms with van der Waals surface area (Å²) in [5, 5.41) is 0. The second-order valence-electron chi connectivity index (χ2n) is 6.56. The lowest BCUT2D eigenvalue weighted by molar-refractivity contribution is 1.67. The molecule has 0 bridgehead atoms. The Balaban J connectivity index is 3.16. The average Bonchev–Trinajstić information content (AvgIpc) is 2.22. The van der Waals surface area contributed by atoms with Gasteiger partial charge in [0.2, 0.25) is 0 Å². The van der Waals surface area contributed by atoms with E-state index in [1.54, 1.807) is 4.92 Å². The molecule has 0 unspecified atom stereocenters. The van der Waals surface area contributed by atoms with E-state index in [1.165, 1.54) is 13.8 Å². The highest BCUT2D eigenvalue weighted by molar-refractivity contribution is 7.55. The summed E-state index contributed by atoms with van der Waals surface area (Å²) in [7, 11) is -1.34. The highest BCUT2D eigenvalue weighted by Gasteiger charge is 2.21. The van der Waals surface area contributed by atoms with Crippen molar-refractivity contribution in [3.05, 3.63) is 35.9 Å². The first-order valence-electron chi connectivity index (χ1n) is 6.36. The normalized spacial score (nSPS) is 12.9. The van der Waals surface area contributed by atoms with E-state index in [2.05, 4.69) is 80.8 Å². The first-order chi connectivity index (χ1) is 8.20. The summed E-state index contributed by atoms with van der Waals surface area (Å²) >= 11 is 0. The molecule has 1 aromatic carbocycles. The van der Waals surface area contributed by atoms with Crippen LogP contribution in [-0.4, -0.2) is 21.1 Å². The van der Waals surface area contributed by atoms with Crippen molar-refractivity contribution in [2.24, 2.45) is 0 Å². The van der Waals surface area contributed by atoms with Gasteiger partial charge in [0.05, 0.1) is 8.07 Å². The van der Waals surface area contributed by atoms with E-state index in [4.69, 9.17) is 0 Å². The Labute approximate surface area is 116 Å². The van der Waals surface area contributed by atoms with E-state index in [-0.39, 0.29) is 0 Å². The first kappa shape index (κ1) is 15.4. The van der Waals surface area contributed by atoms with E-state index in [0.717, 1.165) is 0 Å². The third-order valence-corrected chi connectivity index (χ3v) is 8.20. The minimum absolute atomic E-state index is 1.22. The fourth-order valence-corrected chi connectivity index (χ4v) is 6.01. The minimum Gasteiger partial charge on any atom is -0.122 e. The van der Waals surface area contributed by atoms with Crippen molar-refractivity contribution in [1.82, 2.24) is 0 Å². The van der Waals surface area contributed by atoms with E-state index in [1.807, 2.05) is 0 Å². The quantitative estimate of drug-likeness (QED) is 0.414. The predicted octanol–water partition coefficient (Wildman–Crippen LogP) is 4.87. The molecule has 0 amide bonds. The highest BCUT2D eigenvalue weighted by Crippen LogP contribution is 2.19. The molecule has 1 aromatic rings. The Bertz CT molecular complexity index is 479. The van der Waals surface area contributed by atoms with Gasteiger partial charge in [-0.1, -0.05) is 75.3 Å². The van der Waals surface area contributed by atoms with Gasteiger partial charge in [-0.25, -0.2) is 0 Å². The maximum absolute atomic E-state index is 3.47. The van der Waals surface area contributed by atoms with Crippen molar-refractivity contribution in [2.75, 3.05) is 0 Å². The van der Waals surface area contributed by atoms with Crippen LogP contribution in [0.5, 0.6) is 0 Å². The Morgan fingerprint density at radius 2 is 1.50 bits per heavy atom. The average molecular weight is 290 g/mol. The SMILES string of the molecule is C[Si](C)(C)C#CP=C(c1ccccc1)[Si](C)(C)C. The molecule has 0 spiro atoms. The molecule has 0 aliphatic heterocycles. The molecule has 0 atom stereocenters. The van der Waals surface area contributed by atoms with Gasteiger partial charge < -0.3 is 0 Å². The smallest absolute Gasteiger partial charge is 0.122 e. The molecule has 0 heterocycles. The fraction of sp³-hybridized carbons (Fsp3) is 0.400. The Hall–Kier alpha value is -0.616. The summed E-state index contributed by atoms with van der Waals surface area (Å²) in [6.45, 7) is 14.1. The van der Waals surface area contributed by atoms with Crippen LogP contribution >= 0.6 is 8.20 Å². The maximum atomic E-state index is 3.47. The van der Waals surface area contributed by atoms with Gasteiger partial charge >= 0.3 is 0 Å². The van der Waals surface area contributed by atoms with Crippen molar-refractivity contribution >= 4 is 29.3 Å². The van der Waals surface area contributed by atoms with Crippen LogP contribution in [0, 0.1) is 11.2 Å². The van der Waals surface area contributed by atoms with Crippen LogP contribution in [0.15, 0.2) is 30.3 Å². The summed E-state index contributed by atoms with van der Waals surface area (Å²) in [5.41, 5.74) is 8.26. The molecule has 18 heavy (non-hydrogen) atoms. The van der Waals surface area contributed by atoms with Crippen LogP contribution in [0.2, 0.25) is 39.3 Å². The zero-order valence-electron chi connectivity index (χ0n) is 12.3. The molecule has 0 fully saturated rings. The molecule has 96 valence electrons. The molecule has 0 aromatic heterocycles. The molecule has 0 radical (unpaired) electrons. The van der Waals surface area contributed by atoms with Crippen LogP contribution < -0.4 is 0 Å². The van der Waals surface area contributed by atoms with Gasteiger partial charge in [0.15, 0.2) is 0 Å². The van der Waals surface area contributed by atoms with E-state index < -0.39 is 16.1 Å². The van der Waals surface area contributed by atoms with Gasteiger partial charge in [-0.3, -0.25) is 0 Å².